The zero-order chi connectivity index (χ0) is 22.6. The summed E-state index contributed by atoms with van der Waals surface area (Å²) in [6.07, 6.45) is 4.34. The number of aliphatic hydroxyl groups is 1. The first-order chi connectivity index (χ1) is 15.5. The summed E-state index contributed by atoms with van der Waals surface area (Å²) in [4.78, 5) is 23.0. The van der Waals surface area contributed by atoms with Crippen LogP contribution in [0.2, 0.25) is 0 Å². The van der Waals surface area contributed by atoms with Crippen LogP contribution in [-0.2, 0) is 10.3 Å². The molecule has 3 aromatic rings. The van der Waals surface area contributed by atoms with Crippen molar-refractivity contribution in [3.63, 3.8) is 0 Å². The van der Waals surface area contributed by atoms with E-state index in [2.05, 4.69) is 9.97 Å². The number of aliphatic hydroxyl groups excluding tert-OH is 1. The van der Waals surface area contributed by atoms with Crippen LogP contribution in [0.4, 0.5) is 9.18 Å². The molecule has 1 aliphatic heterocycles. The van der Waals surface area contributed by atoms with Crippen molar-refractivity contribution in [3.8, 4) is 11.3 Å². The lowest BCUT2D eigenvalue weighted by atomic mass is 9.84. The van der Waals surface area contributed by atoms with E-state index in [1.807, 2.05) is 37.3 Å². The van der Waals surface area contributed by atoms with Gasteiger partial charge in [-0.05, 0) is 49.1 Å². The third kappa shape index (κ3) is 4.48. The van der Waals surface area contributed by atoms with E-state index in [-0.39, 0.29) is 18.5 Å². The number of benzene rings is 2. The van der Waals surface area contributed by atoms with Gasteiger partial charge in [0.2, 0.25) is 0 Å². The Hall–Kier alpha value is -3.32. The van der Waals surface area contributed by atoms with Gasteiger partial charge in [-0.1, -0.05) is 36.4 Å². The van der Waals surface area contributed by atoms with Gasteiger partial charge in [-0.15, -0.1) is 0 Å². The Morgan fingerprint density at radius 2 is 1.91 bits per heavy atom. The maximum Gasteiger partial charge on any atom is 0.411 e. The Bertz CT molecular complexity index is 1040. The summed E-state index contributed by atoms with van der Waals surface area (Å²) in [6, 6.07) is 15.7. The normalized spacial score (nSPS) is 19.5. The van der Waals surface area contributed by atoms with Crippen LogP contribution in [0.5, 0.6) is 0 Å². The second-order valence-corrected chi connectivity index (χ2v) is 8.03. The summed E-state index contributed by atoms with van der Waals surface area (Å²) in [7, 11) is 0. The summed E-state index contributed by atoms with van der Waals surface area (Å²) < 4.78 is 19.4. The lowest BCUT2D eigenvalue weighted by molar-refractivity contribution is -0.0680. The van der Waals surface area contributed by atoms with Crippen LogP contribution in [0, 0.1) is 5.82 Å². The van der Waals surface area contributed by atoms with Gasteiger partial charge in [0.15, 0.2) is 0 Å². The van der Waals surface area contributed by atoms with Crippen molar-refractivity contribution in [2.45, 2.75) is 37.8 Å². The second-order valence-electron chi connectivity index (χ2n) is 8.03. The maximum absolute atomic E-state index is 13.4. The lowest BCUT2D eigenvalue weighted by Gasteiger charge is -2.43. The Morgan fingerprint density at radius 1 is 1.16 bits per heavy atom. The minimum atomic E-state index is -0.861. The monoisotopic (exact) mass is 435 g/mol. The van der Waals surface area contributed by atoms with E-state index in [1.54, 1.807) is 23.2 Å². The summed E-state index contributed by atoms with van der Waals surface area (Å²) in [5, 5.41) is 9.34. The summed E-state index contributed by atoms with van der Waals surface area (Å²) in [6.45, 7) is 2.47. The molecule has 0 bridgehead atoms. The average molecular weight is 435 g/mol. The molecule has 2 aromatic carbocycles. The molecule has 1 aliphatic rings. The molecule has 4 rings (SSSR count). The number of nitrogens with zero attached hydrogens (tertiary/aromatic N) is 3. The molecule has 1 aromatic heterocycles. The highest BCUT2D eigenvalue weighted by molar-refractivity contribution is 5.70. The van der Waals surface area contributed by atoms with E-state index >= 15 is 0 Å². The number of carbonyl (C=O) groups is 1. The number of amides is 1. The smallest absolute Gasteiger partial charge is 0.411 e. The van der Waals surface area contributed by atoms with Crippen LogP contribution >= 0.6 is 0 Å². The largest absolute Gasteiger partial charge is 0.438 e. The van der Waals surface area contributed by atoms with E-state index in [9.17, 15) is 14.3 Å². The van der Waals surface area contributed by atoms with Crippen molar-refractivity contribution in [2.75, 3.05) is 13.2 Å². The quantitative estimate of drug-likeness (QED) is 0.574. The first kappa shape index (κ1) is 21.9. The van der Waals surface area contributed by atoms with Crippen LogP contribution in [-0.4, -0.2) is 39.2 Å². The average Bonchev–Trinajstić information content (AvgIpc) is 2.83. The van der Waals surface area contributed by atoms with Gasteiger partial charge < -0.3 is 14.7 Å². The SMILES string of the molecule is C[C@@H](c1ccc(-c2ccncn2)cc1)N1CC[C@](CCCO)(c2ccc(F)cc2)OC1=O. The molecule has 166 valence electrons. The Balaban J connectivity index is 1.51. The van der Waals surface area contributed by atoms with E-state index < -0.39 is 11.7 Å². The van der Waals surface area contributed by atoms with E-state index in [1.165, 1.54) is 18.5 Å². The van der Waals surface area contributed by atoms with Crippen molar-refractivity contribution >= 4 is 6.09 Å². The number of aromatic nitrogens is 2. The minimum absolute atomic E-state index is 0.000700. The van der Waals surface area contributed by atoms with Gasteiger partial charge in [0.05, 0.1) is 11.7 Å². The molecular formula is C25H26FN3O3. The van der Waals surface area contributed by atoms with Crippen LogP contribution < -0.4 is 0 Å². The molecule has 0 unspecified atom stereocenters. The molecule has 0 aliphatic carbocycles. The predicted octanol–water partition coefficient (Wildman–Crippen LogP) is 4.85. The number of ether oxygens (including phenoxy) is 1. The Morgan fingerprint density at radius 3 is 2.53 bits per heavy atom. The van der Waals surface area contributed by atoms with Gasteiger partial charge >= 0.3 is 6.09 Å². The van der Waals surface area contributed by atoms with Crippen molar-refractivity contribution < 1.29 is 19.0 Å². The molecule has 2 atom stereocenters. The molecule has 0 saturated carbocycles. The van der Waals surface area contributed by atoms with E-state index in [4.69, 9.17) is 4.74 Å². The van der Waals surface area contributed by atoms with E-state index in [0.29, 0.717) is 25.8 Å². The first-order valence-corrected chi connectivity index (χ1v) is 10.8. The number of rotatable bonds is 7. The van der Waals surface area contributed by atoms with Gasteiger partial charge in [-0.25, -0.2) is 19.2 Å². The standard InChI is InChI=1S/C25H26FN3O3/c1-18(19-3-5-20(6-4-19)23-11-14-27-17-28-23)29-15-13-25(12-2-16-30,32-24(29)31)21-7-9-22(26)10-8-21/h3-11,14,17-18,30H,2,12-13,15-16H2,1H3/t18-,25+/m0/s1. The second kappa shape index (κ2) is 9.44. The zero-order valence-electron chi connectivity index (χ0n) is 17.9. The third-order valence-corrected chi connectivity index (χ3v) is 6.12. The minimum Gasteiger partial charge on any atom is -0.438 e. The highest BCUT2D eigenvalue weighted by Gasteiger charge is 2.43. The topological polar surface area (TPSA) is 75.6 Å². The molecule has 1 N–H and O–H groups in total. The number of hydrogen-bond acceptors (Lipinski definition) is 5. The van der Waals surface area contributed by atoms with E-state index in [0.717, 1.165) is 22.4 Å². The number of hydrogen-bond donors (Lipinski definition) is 1. The van der Waals surface area contributed by atoms with Crippen LogP contribution in [0.15, 0.2) is 67.1 Å². The van der Waals surface area contributed by atoms with Crippen LogP contribution in [0.25, 0.3) is 11.3 Å². The third-order valence-electron chi connectivity index (χ3n) is 6.12. The van der Waals surface area contributed by atoms with Gasteiger partial charge in [-0.3, -0.25) is 0 Å². The molecule has 2 heterocycles. The van der Waals surface area contributed by atoms with Gasteiger partial charge in [0.1, 0.15) is 17.7 Å². The number of halogens is 1. The molecular weight excluding hydrogens is 409 g/mol. The van der Waals surface area contributed by atoms with Crippen molar-refractivity contribution in [2.24, 2.45) is 0 Å². The fourth-order valence-corrected chi connectivity index (χ4v) is 4.24. The highest BCUT2D eigenvalue weighted by atomic mass is 19.1. The molecule has 0 radical (unpaired) electrons. The van der Waals surface area contributed by atoms with Crippen LogP contribution in [0.1, 0.15) is 43.4 Å². The first-order valence-electron chi connectivity index (χ1n) is 10.8. The summed E-state index contributed by atoms with van der Waals surface area (Å²) in [5.74, 6) is -0.339. The van der Waals surface area contributed by atoms with Crippen molar-refractivity contribution in [1.29, 1.82) is 0 Å². The molecule has 1 amide bonds. The van der Waals surface area contributed by atoms with Crippen molar-refractivity contribution in [3.05, 3.63) is 84.1 Å². The number of carbonyl (C=O) groups excluding carboxylic acids is 1. The number of cyclic esters (lactones) is 1. The van der Waals surface area contributed by atoms with Gasteiger partial charge in [0.25, 0.3) is 0 Å². The summed E-state index contributed by atoms with van der Waals surface area (Å²) >= 11 is 0. The Kier molecular flexibility index (Phi) is 6.46. The lowest BCUT2D eigenvalue weighted by Crippen LogP contribution is -2.48. The summed E-state index contributed by atoms with van der Waals surface area (Å²) in [5.41, 5.74) is 2.70. The van der Waals surface area contributed by atoms with Crippen molar-refractivity contribution in [1.82, 2.24) is 14.9 Å². The Labute approximate surface area is 186 Å². The van der Waals surface area contributed by atoms with Gasteiger partial charge in [0, 0.05) is 31.3 Å². The fraction of sp³-hybridized carbons (Fsp3) is 0.320. The van der Waals surface area contributed by atoms with Crippen LogP contribution in [0.3, 0.4) is 0 Å². The molecule has 6 nitrogen and oxygen atoms in total. The molecule has 32 heavy (non-hydrogen) atoms. The predicted molar refractivity (Wildman–Crippen MR) is 118 cm³/mol. The fourth-order valence-electron chi connectivity index (χ4n) is 4.24. The molecule has 7 heteroatoms. The zero-order valence-corrected chi connectivity index (χ0v) is 17.9. The highest BCUT2D eigenvalue weighted by Crippen LogP contribution is 2.40. The maximum atomic E-state index is 13.4. The molecule has 1 fully saturated rings. The van der Waals surface area contributed by atoms with Gasteiger partial charge in [-0.2, -0.15) is 0 Å². The molecule has 0 spiro atoms. The molecule has 1 saturated heterocycles.